The van der Waals surface area contributed by atoms with Crippen LogP contribution in [0.5, 0.6) is 0 Å². The monoisotopic (exact) mass is 556 g/mol. The van der Waals surface area contributed by atoms with Gasteiger partial charge in [0, 0.05) is 11.1 Å². The smallest absolute Gasteiger partial charge is 0.248 e. The van der Waals surface area contributed by atoms with Gasteiger partial charge in [0.15, 0.2) is 4.64 Å². The molecule has 3 N–H and O–H groups in total. The Balaban J connectivity index is 1.37. The molecule has 6 rings (SSSR count). The predicted octanol–water partition coefficient (Wildman–Crippen LogP) is 6.37. The Labute approximate surface area is 230 Å². The van der Waals surface area contributed by atoms with Gasteiger partial charge in [0.1, 0.15) is 27.7 Å². The SMILES string of the molecule is CSc1nc(N(N)c2nc(=S)c3nc(-c4ccc(F)cc4)ccc3[nH]2)nc2ccc(-c3ccc(F)cc3)nc12. The van der Waals surface area contributed by atoms with Crippen molar-refractivity contribution in [3.8, 4) is 22.5 Å². The average molecular weight is 557 g/mol. The molecule has 192 valence electrons. The molecular weight excluding hydrogens is 538 g/mol. The van der Waals surface area contributed by atoms with Crippen molar-refractivity contribution in [1.29, 1.82) is 0 Å². The fourth-order valence-corrected chi connectivity index (χ4v) is 4.78. The first-order valence-electron chi connectivity index (χ1n) is 11.6. The molecule has 12 heteroatoms. The second kappa shape index (κ2) is 10.1. The molecule has 0 amide bonds. The zero-order valence-electron chi connectivity index (χ0n) is 20.3. The van der Waals surface area contributed by atoms with Crippen molar-refractivity contribution in [2.45, 2.75) is 5.03 Å². The van der Waals surface area contributed by atoms with Crippen LogP contribution in [0, 0.1) is 16.3 Å². The second-order valence-corrected chi connectivity index (χ2v) is 9.62. The number of benzene rings is 2. The van der Waals surface area contributed by atoms with Crippen LogP contribution in [0.2, 0.25) is 0 Å². The first-order chi connectivity index (χ1) is 18.9. The summed E-state index contributed by atoms with van der Waals surface area (Å²) < 4.78 is 26.9. The Bertz CT molecular complexity index is 1910. The van der Waals surface area contributed by atoms with E-state index < -0.39 is 0 Å². The van der Waals surface area contributed by atoms with Gasteiger partial charge >= 0.3 is 0 Å². The van der Waals surface area contributed by atoms with Crippen molar-refractivity contribution >= 4 is 57.9 Å². The number of thioether (sulfide) groups is 1. The number of halogens is 2. The van der Waals surface area contributed by atoms with Crippen LogP contribution in [0.25, 0.3) is 44.6 Å². The van der Waals surface area contributed by atoms with E-state index in [-0.39, 0.29) is 28.2 Å². The second-order valence-electron chi connectivity index (χ2n) is 8.44. The molecule has 0 unspecified atom stereocenters. The predicted molar refractivity (Wildman–Crippen MR) is 151 cm³/mol. The van der Waals surface area contributed by atoms with Crippen LogP contribution in [0.15, 0.2) is 77.8 Å². The van der Waals surface area contributed by atoms with Crippen LogP contribution < -0.4 is 10.9 Å². The summed E-state index contributed by atoms with van der Waals surface area (Å²) >= 11 is 6.92. The quantitative estimate of drug-likeness (QED) is 0.0823. The maximum Gasteiger partial charge on any atom is 0.248 e. The van der Waals surface area contributed by atoms with E-state index in [1.54, 1.807) is 30.3 Å². The lowest BCUT2D eigenvalue weighted by atomic mass is 10.1. The number of hydrogen-bond donors (Lipinski definition) is 2. The van der Waals surface area contributed by atoms with E-state index in [2.05, 4.69) is 24.9 Å². The number of rotatable bonds is 5. The van der Waals surface area contributed by atoms with Gasteiger partial charge in [0.05, 0.1) is 22.4 Å². The Morgan fingerprint density at radius 2 is 1.33 bits per heavy atom. The highest BCUT2D eigenvalue weighted by Gasteiger charge is 2.17. The highest BCUT2D eigenvalue weighted by Crippen LogP contribution is 2.29. The fraction of sp³-hybridized carbons (Fsp3) is 0.0370. The fourth-order valence-electron chi connectivity index (χ4n) is 4.02. The highest BCUT2D eigenvalue weighted by molar-refractivity contribution is 7.98. The maximum atomic E-state index is 13.4. The maximum absolute atomic E-state index is 13.4. The number of H-pyrrole nitrogens is 1. The van der Waals surface area contributed by atoms with E-state index in [1.807, 2.05) is 24.5 Å². The normalized spacial score (nSPS) is 11.3. The molecule has 8 nitrogen and oxygen atoms in total. The minimum atomic E-state index is -0.323. The number of hydrazine groups is 1. The van der Waals surface area contributed by atoms with Crippen molar-refractivity contribution in [3.63, 3.8) is 0 Å². The van der Waals surface area contributed by atoms with E-state index in [4.69, 9.17) is 23.0 Å². The summed E-state index contributed by atoms with van der Waals surface area (Å²) in [6.07, 6.45) is 1.88. The molecule has 4 aromatic heterocycles. The van der Waals surface area contributed by atoms with Gasteiger partial charge < -0.3 is 4.98 Å². The summed E-state index contributed by atoms with van der Waals surface area (Å²) in [6, 6.07) is 19.4. The lowest BCUT2D eigenvalue weighted by molar-refractivity contribution is 0.627. The van der Waals surface area contributed by atoms with Gasteiger partial charge in [0.2, 0.25) is 11.9 Å². The van der Waals surface area contributed by atoms with Crippen molar-refractivity contribution in [2.75, 3.05) is 11.3 Å². The van der Waals surface area contributed by atoms with Gasteiger partial charge in [-0.1, -0.05) is 12.2 Å². The van der Waals surface area contributed by atoms with Crippen LogP contribution in [-0.2, 0) is 0 Å². The standard InChI is InChI=1S/C27H18F2N8S2/c1-39-25-23-21(13-11-19(32-23)15-4-8-17(29)9-5-15)34-27(36-25)37(30)26-33-20-12-10-18(31-22(20)24(38)35-26)14-2-6-16(28)7-3-14/h2-13H,30H2,1H3,(H,33,35,38). The number of anilines is 2. The number of pyridine rings is 2. The summed E-state index contributed by atoms with van der Waals surface area (Å²) in [7, 11) is 0. The van der Waals surface area contributed by atoms with Crippen molar-refractivity contribution in [1.82, 2.24) is 29.9 Å². The average Bonchev–Trinajstić information content (AvgIpc) is 2.96. The summed E-state index contributed by atoms with van der Waals surface area (Å²) in [5.41, 5.74) is 5.10. The molecule has 0 radical (unpaired) electrons. The van der Waals surface area contributed by atoms with Crippen LogP contribution in [0.4, 0.5) is 20.7 Å². The minimum Gasteiger partial charge on any atom is -0.322 e. The van der Waals surface area contributed by atoms with E-state index in [0.717, 1.165) is 11.1 Å². The molecule has 4 heterocycles. The van der Waals surface area contributed by atoms with Crippen LogP contribution in [0.3, 0.4) is 0 Å². The number of aromatic nitrogens is 6. The Morgan fingerprint density at radius 3 is 1.95 bits per heavy atom. The lowest BCUT2D eigenvalue weighted by Gasteiger charge is -2.17. The van der Waals surface area contributed by atoms with Crippen LogP contribution in [-0.4, -0.2) is 36.2 Å². The molecule has 0 atom stereocenters. The zero-order valence-corrected chi connectivity index (χ0v) is 21.9. The molecule has 0 aliphatic carbocycles. The molecular formula is C27H18F2N8S2. The third kappa shape index (κ3) is 4.80. The molecule has 0 fully saturated rings. The van der Waals surface area contributed by atoms with Gasteiger partial charge in [-0.3, -0.25) is 0 Å². The molecule has 0 aliphatic heterocycles. The Kier molecular flexibility index (Phi) is 6.43. The lowest BCUT2D eigenvalue weighted by Crippen LogP contribution is -2.29. The summed E-state index contributed by atoms with van der Waals surface area (Å²) in [5.74, 6) is 6.19. The number of nitrogens with zero attached hydrogens (tertiary/aromatic N) is 6. The number of hydrogen-bond acceptors (Lipinski definition) is 9. The molecule has 2 aromatic carbocycles. The molecule has 0 saturated carbocycles. The molecule has 6 aromatic rings. The number of nitrogens with one attached hydrogen (secondary N) is 1. The largest absolute Gasteiger partial charge is 0.322 e. The molecule has 0 aliphatic rings. The van der Waals surface area contributed by atoms with Crippen LogP contribution in [0.1, 0.15) is 0 Å². The molecule has 0 saturated heterocycles. The van der Waals surface area contributed by atoms with E-state index in [9.17, 15) is 8.78 Å². The summed E-state index contributed by atoms with van der Waals surface area (Å²) in [5, 5.41) is 1.83. The van der Waals surface area contributed by atoms with E-state index >= 15 is 0 Å². The topological polar surface area (TPSA) is 110 Å². The summed E-state index contributed by atoms with van der Waals surface area (Å²) in [6.45, 7) is 0. The number of aromatic amines is 1. The van der Waals surface area contributed by atoms with Crippen molar-refractivity contribution in [2.24, 2.45) is 5.84 Å². The van der Waals surface area contributed by atoms with Crippen molar-refractivity contribution in [3.05, 3.63) is 89.1 Å². The Morgan fingerprint density at radius 1 is 0.744 bits per heavy atom. The van der Waals surface area contributed by atoms with Gasteiger partial charge in [-0.25, -0.2) is 39.6 Å². The van der Waals surface area contributed by atoms with Gasteiger partial charge in [-0.05, 0) is 79.1 Å². The van der Waals surface area contributed by atoms with E-state index in [1.165, 1.54) is 41.0 Å². The third-order valence-electron chi connectivity index (χ3n) is 5.97. The number of fused-ring (bicyclic) bond motifs is 2. The van der Waals surface area contributed by atoms with Crippen molar-refractivity contribution < 1.29 is 8.78 Å². The van der Waals surface area contributed by atoms with Gasteiger partial charge in [-0.15, -0.1) is 11.8 Å². The number of nitrogens with two attached hydrogens (primary N) is 1. The van der Waals surface area contributed by atoms with Gasteiger partial charge in [-0.2, -0.15) is 4.98 Å². The summed E-state index contributed by atoms with van der Waals surface area (Å²) in [4.78, 5) is 26.1. The molecule has 0 bridgehead atoms. The Hall–Kier alpha value is -4.39. The molecule has 0 spiro atoms. The molecule has 39 heavy (non-hydrogen) atoms. The first kappa shape index (κ1) is 24.9. The highest BCUT2D eigenvalue weighted by atomic mass is 32.2. The van der Waals surface area contributed by atoms with E-state index in [0.29, 0.717) is 38.5 Å². The van der Waals surface area contributed by atoms with Crippen LogP contribution >= 0.6 is 24.0 Å². The minimum absolute atomic E-state index is 0.191. The first-order valence-corrected chi connectivity index (χ1v) is 13.2. The zero-order chi connectivity index (χ0) is 27.1. The third-order valence-corrected chi connectivity index (χ3v) is 6.92. The van der Waals surface area contributed by atoms with Gasteiger partial charge in [0.25, 0.3) is 0 Å².